The van der Waals surface area contributed by atoms with Gasteiger partial charge in [0.25, 0.3) is 0 Å². The van der Waals surface area contributed by atoms with E-state index in [9.17, 15) is 27.6 Å². The van der Waals surface area contributed by atoms with Crippen molar-refractivity contribution in [1.82, 2.24) is 15.1 Å². The summed E-state index contributed by atoms with van der Waals surface area (Å²) in [6.45, 7) is 2.61. The summed E-state index contributed by atoms with van der Waals surface area (Å²) < 4.78 is 41.1. The van der Waals surface area contributed by atoms with Crippen molar-refractivity contribution in [3.05, 3.63) is 57.4 Å². The van der Waals surface area contributed by atoms with Crippen LogP contribution in [0.1, 0.15) is 38.3 Å². The summed E-state index contributed by atoms with van der Waals surface area (Å²) in [6, 6.07) is 2.60. The van der Waals surface area contributed by atoms with Gasteiger partial charge >= 0.3 is 18.0 Å². The second-order valence-corrected chi connectivity index (χ2v) is 10.0. The molecule has 1 saturated carbocycles. The van der Waals surface area contributed by atoms with Crippen LogP contribution in [-0.4, -0.2) is 59.0 Å². The Balaban J connectivity index is 1.95. The van der Waals surface area contributed by atoms with Crippen LogP contribution >= 0.6 is 23.2 Å². The first-order valence-electron chi connectivity index (χ1n) is 11.3. The topological polar surface area (TPSA) is 120 Å². The zero-order chi connectivity index (χ0) is 27.7. The van der Waals surface area contributed by atoms with E-state index < -0.39 is 41.4 Å². The minimum Gasteiger partial charge on any atom is -0.403 e. The molecule has 200 valence electrons. The number of carbonyl (C=O) groups excluding carboxylic acids is 3. The number of halogens is 5. The molecule has 0 aromatic heterocycles. The lowest BCUT2D eigenvalue weighted by molar-refractivity contribution is -0.201. The molecule has 1 aromatic rings. The Morgan fingerprint density at radius 2 is 1.73 bits per heavy atom. The Kier molecular flexibility index (Phi) is 8.28. The van der Waals surface area contributed by atoms with Gasteiger partial charge in [-0.3, -0.25) is 14.4 Å². The summed E-state index contributed by atoms with van der Waals surface area (Å²) >= 11 is 12.3. The standard InChI is InChI=1S/C24H26Cl2F3N5O3/c1-13(9-30)5-18(10-31)32-20(35)21(36)34-11-14(2)33(22(37)23(3-4-23)24(27,28)29)12-19(34)15-6-16(25)8-17(26)7-15/h5-10,14,19,30H,3-4,11-12,31H2,1-2H3,(H,32,35)/b13-5-,18-10+,30-9?/t14-,19-/m1/s1. The van der Waals surface area contributed by atoms with Crippen LogP contribution in [-0.2, 0) is 14.4 Å². The molecule has 4 N–H and O–H groups in total. The zero-order valence-electron chi connectivity index (χ0n) is 20.0. The molecule has 3 rings (SSSR count). The fourth-order valence-electron chi connectivity index (χ4n) is 4.28. The Morgan fingerprint density at radius 1 is 1.14 bits per heavy atom. The summed E-state index contributed by atoms with van der Waals surface area (Å²) in [7, 11) is 0. The summed E-state index contributed by atoms with van der Waals surface area (Å²) in [6.07, 6.45) is -1.82. The van der Waals surface area contributed by atoms with Crippen molar-refractivity contribution >= 4 is 47.1 Å². The highest BCUT2D eigenvalue weighted by molar-refractivity contribution is 6.36. The van der Waals surface area contributed by atoms with Crippen LogP contribution in [0.2, 0.25) is 10.0 Å². The van der Waals surface area contributed by atoms with Gasteiger partial charge in [-0.2, -0.15) is 13.2 Å². The quantitative estimate of drug-likeness (QED) is 0.287. The van der Waals surface area contributed by atoms with Crippen LogP contribution in [0.4, 0.5) is 13.2 Å². The lowest BCUT2D eigenvalue weighted by atomic mass is 9.96. The van der Waals surface area contributed by atoms with Crippen molar-refractivity contribution in [1.29, 1.82) is 5.41 Å². The molecule has 1 aliphatic carbocycles. The molecule has 3 amide bonds. The third kappa shape index (κ3) is 5.93. The maximum absolute atomic E-state index is 13.7. The summed E-state index contributed by atoms with van der Waals surface area (Å²) in [4.78, 5) is 41.5. The molecular weight excluding hydrogens is 534 g/mol. The van der Waals surface area contributed by atoms with Crippen molar-refractivity contribution in [3.63, 3.8) is 0 Å². The van der Waals surface area contributed by atoms with Gasteiger partial charge in [0.1, 0.15) is 5.41 Å². The minimum atomic E-state index is -4.70. The summed E-state index contributed by atoms with van der Waals surface area (Å²) in [5.41, 5.74) is 3.98. The SMILES string of the molecule is C/C(C=N)=C/C(=C\N)NC(=O)C(=O)N1C[C@@H](C)N(C(=O)C2(C(F)(F)F)CC2)C[C@@H]1c1cc(Cl)cc(Cl)c1. The number of carbonyl (C=O) groups is 3. The number of benzene rings is 1. The van der Waals surface area contributed by atoms with Crippen LogP contribution in [0, 0.1) is 10.8 Å². The molecule has 8 nitrogen and oxygen atoms in total. The molecule has 0 bridgehead atoms. The van der Waals surface area contributed by atoms with E-state index in [1.807, 2.05) is 0 Å². The second kappa shape index (κ2) is 10.7. The molecule has 13 heteroatoms. The van der Waals surface area contributed by atoms with Gasteiger partial charge in [-0.05, 0) is 62.1 Å². The van der Waals surface area contributed by atoms with Crippen LogP contribution < -0.4 is 11.1 Å². The molecule has 0 unspecified atom stereocenters. The van der Waals surface area contributed by atoms with Gasteiger partial charge in [0.15, 0.2) is 0 Å². The highest BCUT2D eigenvalue weighted by atomic mass is 35.5. The van der Waals surface area contributed by atoms with E-state index in [0.29, 0.717) is 11.1 Å². The van der Waals surface area contributed by atoms with E-state index in [2.05, 4.69) is 5.32 Å². The number of nitrogens with zero attached hydrogens (tertiary/aromatic N) is 2. The van der Waals surface area contributed by atoms with Gasteiger partial charge in [0, 0.05) is 41.6 Å². The Hall–Kier alpha value is -3.05. The van der Waals surface area contributed by atoms with Gasteiger partial charge in [-0.25, -0.2) is 0 Å². The first-order chi connectivity index (χ1) is 17.2. The molecule has 2 aliphatic rings. The molecule has 37 heavy (non-hydrogen) atoms. The molecule has 1 aliphatic heterocycles. The minimum absolute atomic E-state index is 0.0735. The number of rotatable bonds is 5. The molecular formula is C24H26Cl2F3N5O3. The molecule has 0 spiro atoms. The highest BCUT2D eigenvalue weighted by Crippen LogP contribution is 2.59. The predicted molar refractivity (Wildman–Crippen MR) is 133 cm³/mol. The molecule has 1 aromatic carbocycles. The Morgan fingerprint density at radius 3 is 2.22 bits per heavy atom. The van der Waals surface area contributed by atoms with E-state index >= 15 is 0 Å². The van der Waals surface area contributed by atoms with E-state index in [4.69, 9.17) is 34.3 Å². The third-order valence-electron chi connectivity index (χ3n) is 6.47. The maximum atomic E-state index is 13.7. The van der Waals surface area contributed by atoms with Crippen LogP contribution in [0.25, 0.3) is 0 Å². The molecule has 1 heterocycles. The smallest absolute Gasteiger partial charge is 0.403 e. The van der Waals surface area contributed by atoms with Crippen molar-refractivity contribution in [2.24, 2.45) is 11.1 Å². The van der Waals surface area contributed by atoms with Gasteiger partial charge in [0.2, 0.25) is 5.91 Å². The average molecular weight is 560 g/mol. The number of nitrogens with one attached hydrogen (secondary N) is 2. The Bertz CT molecular complexity index is 1160. The number of alkyl halides is 3. The number of hydrogen-bond donors (Lipinski definition) is 3. The summed E-state index contributed by atoms with van der Waals surface area (Å²) in [5, 5.41) is 10.0. The lowest BCUT2D eigenvalue weighted by Gasteiger charge is -2.46. The van der Waals surface area contributed by atoms with E-state index in [1.165, 1.54) is 36.1 Å². The molecule has 2 atom stereocenters. The Labute approximate surface area is 221 Å². The maximum Gasteiger partial charge on any atom is 0.403 e. The molecule has 0 radical (unpaired) electrons. The van der Waals surface area contributed by atoms with Gasteiger partial charge in [-0.15, -0.1) is 0 Å². The monoisotopic (exact) mass is 559 g/mol. The first kappa shape index (κ1) is 28.5. The summed E-state index contributed by atoms with van der Waals surface area (Å²) in [5.74, 6) is -3.09. The van der Waals surface area contributed by atoms with Gasteiger partial charge < -0.3 is 26.3 Å². The molecule has 1 saturated heterocycles. The van der Waals surface area contributed by atoms with Gasteiger partial charge in [0.05, 0.1) is 11.7 Å². The van der Waals surface area contributed by atoms with Crippen LogP contribution in [0.15, 0.2) is 41.7 Å². The predicted octanol–water partition coefficient (Wildman–Crippen LogP) is 3.95. The van der Waals surface area contributed by atoms with Crippen molar-refractivity contribution in [2.45, 2.75) is 44.9 Å². The fraction of sp³-hybridized carbons (Fsp3) is 0.417. The van der Waals surface area contributed by atoms with Crippen LogP contribution in [0.5, 0.6) is 0 Å². The van der Waals surface area contributed by atoms with Gasteiger partial charge in [-0.1, -0.05) is 23.2 Å². The third-order valence-corrected chi connectivity index (χ3v) is 6.91. The van der Waals surface area contributed by atoms with Crippen LogP contribution in [0.3, 0.4) is 0 Å². The zero-order valence-corrected chi connectivity index (χ0v) is 21.5. The lowest BCUT2D eigenvalue weighted by Crippen LogP contribution is -2.61. The number of allylic oxidation sites excluding steroid dienone is 2. The van der Waals surface area contributed by atoms with Crippen molar-refractivity contribution in [2.75, 3.05) is 13.1 Å². The highest BCUT2D eigenvalue weighted by Gasteiger charge is 2.70. The number of nitrogens with two attached hydrogens (primary N) is 1. The normalized spacial score (nSPS) is 21.9. The average Bonchev–Trinajstić information content (AvgIpc) is 3.64. The largest absolute Gasteiger partial charge is 0.403 e. The fourth-order valence-corrected chi connectivity index (χ4v) is 4.82. The molecule has 2 fully saturated rings. The first-order valence-corrected chi connectivity index (χ1v) is 12.1. The number of hydrogen-bond acceptors (Lipinski definition) is 5. The van der Waals surface area contributed by atoms with E-state index in [-0.39, 0.29) is 41.7 Å². The van der Waals surface area contributed by atoms with E-state index in [1.54, 1.807) is 6.92 Å². The van der Waals surface area contributed by atoms with Crippen molar-refractivity contribution < 1.29 is 27.6 Å². The van der Waals surface area contributed by atoms with E-state index in [0.717, 1.165) is 17.3 Å². The van der Waals surface area contributed by atoms with Crippen molar-refractivity contribution in [3.8, 4) is 0 Å². The second-order valence-electron chi connectivity index (χ2n) is 9.17. The number of piperazine rings is 1. The number of amides is 3.